The highest BCUT2D eigenvalue weighted by atomic mass is 32.1. The minimum Gasteiger partial charge on any atom is -0.300 e. The van der Waals surface area contributed by atoms with E-state index in [9.17, 15) is 0 Å². The number of hydrogen-bond donors (Lipinski definition) is 1. The van der Waals surface area contributed by atoms with E-state index in [-0.39, 0.29) is 0 Å². The standard InChI is InChI=1S/C18H22N4S/c1-12-3-5-13(6-4-12)17-11-23-18(19-17)21-20-14-9-15-7-8-16(10-14)22(15)2/h3-6,11,15-16H,7-10H2,1-2H3,(H,19,21)/t15-,16+. The van der Waals surface area contributed by atoms with E-state index in [1.54, 1.807) is 11.3 Å². The van der Waals surface area contributed by atoms with Crippen molar-refractivity contribution in [1.82, 2.24) is 9.88 Å². The average molecular weight is 326 g/mol. The Hall–Kier alpha value is -1.72. The van der Waals surface area contributed by atoms with Gasteiger partial charge in [0.15, 0.2) is 0 Å². The zero-order chi connectivity index (χ0) is 15.8. The molecule has 2 aliphatic heterocycles. The first kappa shape index (κ1) is 14.8. The van der Waals surface area contributed by atoms with E-state index in [1.807, 2.05) is 0 Å². The highest BCUT2D eigenvalue weighted by molar-refractivity contribution is 7.14. The highest BCUT2D eigenvalue weighted by Crippen LogP contribution is 2.33. The fourth-order valence-corrected chi connectivity index (χ4v) is 4.27. The van der Waals surface area contributed by atoms with Crippen molar-refractivity contribution in [2.45, 2.75) is 44.7 Å². The van der Waals surface area contributed by atoms with Crippen molar-refractivity contribution in [2.24, 2.45) is 5.10 Å². The van der Waals surface area contributed by atoms with Gasteiger partial charge in [-0.05, 0) is 26.8 Å². The summed E-state index contributed by atoms with van der Waals surface area (Å²) < 4.78 is 0. The quantitative estimate of drug-likeness (QED) is 0.862. The van der Waals surface area contributed by atoms with Crippen LogP contribution in [0.5, 0.6) is 0 Å². The summed E-state index contributed by atoms with van der Waals surface area (Å²) in [6.07, 6.45) is 4.82. The predicted molar refractivity (Wildman–Crippen MR) is 97.2 cm³/mol. The summed E-state index contributed by atoms with van der Waals surface area (Å²) in [7, 11) is 2.25. The van der Waals surface area contributed by atoms with Gasteiger partial charge in [-0.1, -0.05) is 29.8 Å². The second-order valence-corrected chi connectivity index (χ2v) is 7.51. The molecule has 3 heterocycles. The van der Waals surface area contributed by atoms with E-state index in [0.717, 1.165) is 29.2 Å². The van der Waals surface area contributed by atoms with Gasteiger partial charge in [0.1, 0.15) is 0 Å². The third-order valence-electron chi connectivity index (χ3n) is 5.09. The third-order valence-corrected chi connectivity index (χ3v) is 5.84. The molecular weight excluding hydrogens is 304 g/mol. The summed E-state index contributed by atoms with van der Waals surface area (Å²) in [6, 6.07) is 9.86. The van der Waals surface area contributed by atoms with Gasteiger partial charge in [0.25, 0.3) is 0 Å². The van der Waals surface area contributed by atoms with Crippen LogP contribution in [0, 0.1) is 6.92 Å². The first-order chi connectivity index (χ1) is 11.2. The molecule has 2 fully saturated rings. The number of hydrazone groups is 1. The fourth-order valence-electron chi connectivity index (χ4n) is 3.61. The zero-order valence-electron chi connectivity index (χ0n) is 13.6. The molecule has 2 aliphatic rings. The van der Waals surface area contributed by atoms with Gasteiger partial charge in [-0.15, -0.1) is 11.3 Å². The van der Waals surface area contributed by atoms with Gasteiger partial charge in [0, 0.05) is 41.6 Å². The highest BCUT2D eigenvalue weighted by Gasteiger charge is 2.36. The summed E-state index contributed by atoms with van der Waals surface area (Å²) in [4.78, 5) is 7.18. The van der Waals surface area contributed by atoms with Crippen LogP contribution in [0.1, 0.15) is 31.2 Å². The Morgan fingerprint density at radius 3 is 2.57 bits per heavy atom. The van der Waals surface area contributed by atoms with Crippen LogP contribution in [-0.4, -0.2) is 34.7 Å². The Kier molecular flexibility index (Phi) is 3.91. The molecule has 0 amide bonds. The van der Waals surface area contributed by atoms with Crippen molar-refractivity contribution in [2.75, 3.05) is 12.5 Å². The number of aryl methyl sites for hydroxylation is 1. The molecule has 1 aromatic heterocycles. The Labute approximate surface area is 141 Å². The Balaban J connectivity index is 1.44. The first-order valence-corrected chi connectivity index (χ1v) is 9.13. The maximum absolute atomic E-state index is 4.65. The van der Waals surface area contributed by atoms with Crippen LogP contribution in [0.3, 0.4) is 0 Å². The lowest BCUT2D eigenvalue weighted by atomic mass is 10.0. The largest absolute Gasteiger partial charge is 0.300 e. The minimum atomic E-state index is 0.689. The van der Waals surface area contributed by atoms with Gasteiger partial charge in [0.2, 0.25) is 5.13 Å². The fraction of sp³-hybridized carbons (Fsp3) is 0.444. The van der Waals surface area contributed by atoms with E-state index in [4.69, 9.17) is 0 Å². The van der Waals surface area contributed by atoms with Gasteiger partial charge < -0.3 is 0 Å². The zero-order valence-corrected chi connectivity index (χ0v) is 14.4. The van der Waals surface area contributed by atoms with Gasteiger partial charge in [-0.3, -0.25) is 10.3 Å². The molecule has 2 aromatic rings. The van der Waals surface area contributed by atoms with Crippen molar-refractivity contribution in [3.63, 3.8) is 0 Å². The summed E-state index contributed by atoms with van der Waals surface area (Å²) in [5.41, 5.74) is 7.91. The first-order valence-electron chi connectivity index (χ1n) is 8.25. The molecule has 2 atom stereocenters. The lowest BCUT2D eigenvalue weighted by Crippen LogP contribution is -2.40. The SMILES string of the molecule is Cc1ccc(-c2csc(NN=C3C[C@H]4CC[C@@H](C3)N4C)n2)cc1. The second kappa shape index (κ2) is 6.06. The van der Waals surface area contributed by atoms with Crippen molar-refractivity contribution in [1.29, 1.82) is 0 Å². The van der Waals surface area contributed by atoms with Crippen LogP contribution in [-0.2, 0) is 0 Å². The summed E-state index contributed by atoms with van der Waals surface area (Å²) >= 11 is 1.62. The number of thiazole rings is 1. The van der Waals surface area contributed by atoms with Crippen LogP contribution in [0.25, 0.3) is 11.3 Å². The molecule has 2 saturated heterocycles. The lowest BCUT2D eigenvalue weighted by Gasteiger charge is -2.31. The number of fused-ring (bicyclic) bond motifs is 2. The van der Waals surface area contributed by atoms with Crippen LogP contribution >= 0.6 is 11.3 Å². The van der Waals surface area contributed by atoms with Crippen LogP contribution in [0.15, 0.2) is 34.7 Å². The lowest BCUT2D eigenvalue weighted by molar-refractivity contribution is 0.231. The number of piperidine rings is 1. The summed E-state index contributed by atoms with van der Waals surface area (Å²) in [5, 5.41) is 7.60. The maximum atomic E-state index is 4.65. The van der Waals surface area contributed by atoms with Gasteiger partial charge in [-0.2, -0.15) is 5.10 Å². The molecule has 0 saturated carbocycles. The Bertz CT molecular complexity index is 703. The molecule has 4 rings (SSSR count). The molecule has 2 bridgehead atoms. The number of rotatable bonds is 3. The topological polar surface area (TPSA) is 40.5 Å². The van der Waals surface area contributed by atoms with E-state index in [0.29, 0.717) is 12.1 Å². The van der Waals surface area contributed by atoms with E-state index in [2.05, 4.69) is 64.0 Å². The van der Waals surface area contributed by atoms with Gasteiger partial charge >= 0.3 is 0 Å². The number of nitrogens with one attached hydrogen (secondary N) is 1. The molecule has 1 aromatic carbocycles. The molecule has 0 spiro atoms. The normalized spacial score (nSPS) is 25.9. The Morgan fingerprint density at radius 2 is 1.87 bits per heavy atom. The molecule has 5 heteroatoms. The number of benzene rings is 1. The number of hydrogen-bond acceptors (Lipinski definition) is 5. The van der Waals surface area contributed by atoms with Crippen molar-refractivity contribution in [3.8, 4) is 11.3 Å². The van der Waals surface area contributed by atoms with E-state index < -0.39 is 0 Å². The number of nitrogens with zero attached hydrogens (tertiary/aromatic N) is 3. The van der Waals surface area contributed by atoms with Crippen molar-refractivity contribution >= 4 is 22.2 Å². The monoisotopic (exact) mass is 326 g/mol. The summed E-state index contributed by atoms with van der Waals surface area (Å²) in [5.74, 6) is 0. The third kappa shape index (κ3) is 3.03. The molecular formula is C18H22N4S. The smallest absolute Gasteiger partial charge is 0.203 e. The molecule has 0 aliphatic carbocycles. The van der Waals surface area contributed by atoms with E-state index >= 15 is 0 Å². The molecule has 4 nitrogen and oxygen atoms in total. The van der Waals surface area contributed by atoms with Crippen molar-refractivity contribution in [3.05, 3.63) is 35.2 Å². The average Bonchev–Trinajstić information content (AvgIpc) is 3.08. The maximum Gasteiger partial charge on any atom is 0.203 e. The molecule has 1 N–H and O–H groups in total. The molecule has 23 heavy (non-hydrogen) atoms. The van der Waals surface area contributed by atoms with Crippen LogP contribution in [0.2, 0.25) is 0 Å². The number of aromatic nitrogens is 1. The second-order valence-electron chi connectivity index (χ2n) is 6.65. The predicted octanol–water partition coefficient (Wildman–Crippen LogP) is 4.14. The molecule has 0 radical (unpaired) electrons. The van der Waals surface area contributed by atoms with E-state index in [1.165, 1.54) is 24.1 Å². The summed E-state index contributed by atoms with van der Waals surface area (Å²) in [6.45, 7) is 2.10. The van der Waals surface area contributed by atoms with Crippen LogP contribution < -0.4 is 5.43 Å². The minimum absolute atomic E-state index is 0.689. The van der Waals surface area contributed by atoms with Gasteiger partial charge in [-0.25, -0.2) is 4.98 Å². The van der Waals surface area contributed by atoms with Crippen LogP contribution in [0.4, 0.5) is 5.13 Å². The van der Waals surface area contributed by atoms with Gasteiger partial charge in [0.05, 0.1) is 5.69 Å². The Morgan fingerprint density at radius 1 is 1.17 bits per heavy atom. The molecule has 120 valence electrons. The molecule has 0 unspecified atom stereocenters. The van der Waals surface area contributed by atoms with Crippen molar-refractivity contribution < 1.29 is 0 Å². The number of anilines is 1.